The molecule has 5 nitrogen and oxygen atoms in total. The minimum Gasteiger partial charge on any atom is -0.768 e. The summed E-state index contributed by atoms with van der Waals surface area (Å²) in [6.45, 7) is 0. The summed E-state index contributed by atoms with van der Waals surface area (Å²) in [7, 11) is -3.97. The van der Waals surface area contributed by atoms with E-state index in [4.69, 9.17) is 5.14 Å². The zero-order chi connectivity index (χ0) is 10.1. The van der Waals surface area contributed by atoms with E-state index in [-0.39, 0.29) is 9.79 Å². The molecule has 2 N–H and O–H groups in total. The highest BCUT2D eigenvalue weighted by Gasteiger charge is 2.12. The van der Waals surface area contributed by atoms with Crippen molar-refractivity contribution in [2.45, 2.75) is 9.79 Å². The van der Waals surface area contributed by atoms with E-state index in [1.54, 1.807) is 0 Å². The number of benzene rings is 1. The molecule has 1 unspecified atom stereocenters. The molecule has 0 aliphatic heterocycles. The summed E-state index contributed by atoms with van der Waals surface area (Å²) in [5.41, 5.74) is 0. The zero-order valence-electron chi connectivity index (χ0n) is 6.34. The van der Waals surface area contributed by atoms with E-state index < -0.39 is 21.1 Å². The minimum absolute atomic E-state index is 0.315. The first-order valence-corrected chi connectivity index (χ1v) is 5.76. The second-order valence-electron chi connectivity index (χ2n) is 2.23. The Balaban J connectivity index is 3.46. The Bertz CT molecular complexity index is 440. The monoisotopic (exact) mass is 220 g/mol. The van der Waals surface area contributed by atoms with Crippen molar-refractivity contribution in [1.82, 2.24) is 0 Å². The van der Waals surface area contributed by atoms with Crippen LogP contribution >= 0.6 is 0 Å². The molecule has 0 saturated heterocycles. The van der Waals surface area contributed by atoms with E-state index in [2.05, 4.69) is 0 Å². The predicted octanol–water partition coefficient (Wildman–Crippen LogP) is -0.428. The smallest absolute Gasteiger partial charge is 0.239 e. The molecule has 13 heavy (non-hydrogen) atoms. The molecule has 7 heteroatoms. The number of rotatable bonds is 2. The molecule has 0 aromatic heterocycles. The SMILES string of the molecule is NS(=O)(=O)c1ccccc1S(=O)[O-]. The molecule has 0 amide bonds. The van der Waals surface area contributed by atoms with Crippen LogP contribution in [0.15, 0.2) is 34.1 Å². The molecule has 0 fully saturated rings. The fraction of sp³-hybridized carbons (Fsp3) is 0. The van der Waals surface area contributed by atoms with Crippen LogP contribution in [0, 0.1) is 0 Å². The van der Waals surface area contributed by atoms with Crippen molar-refractivity contribution in [2.75, 3.05) is 0 Å². The molecule has 0 heterocycles. The molecule has 0 spiro atoms. The van der Waals surface area contributed by atoms with Gasteiger partial charge >= 0.3 is 0 Å². The van der Waals surface area contributed by atoms with E-state index in [9.17, 15) is 17.2 Å². The summed E-state index contributed by atoms with van der Waals surface area (Å²) in [5.74, 6) is 0. The summed E-state index contributed by atoms with van der Waals surface area (Å²) in [5, 5.41) is 4.79. The molecule has 72 valence electrons. The lowest BCUT2D eigenvalue weighted by molar-refractivity contribution is 0.533. The number of sulfonamides is 1. The van der Waals surface area contributed by atoms with Gasteiger partial charge in [0.15, 0.2) is 0 Å². The largest absolute Gasteiger partial charge is 0.768 e. The van der Waals surface area contributed by atoms with Gasteiger partial charge in [0.2, 0.25) is 10.0 Å². The van der Waals surface area contributed by atoms with Crippen LogP contribution < -0.4 is 5.14 Å². The lowest BCUT2D eigenvalue weighted by Crippen LogP contribution is -2.14. The number of hydrogen-bond donors (Lipinski definition) is 1. The first kappa shape index (κ1) is 10.3. The van der Waals surface area contributed by atoms with Crippen molar-refractivity contribution in [3.8, 4) is 0 Å². The minimum atomic E-state index is -3.97. The number of hydrogen-bond acceptors (Lipinski definition) is 4. The summed E-state index contributed by atoms with van der Waals surface area (Å²) in [4.78, 5) is -0.701. The second kappa shape index (κ2) is 3.54. The van der Waals surface area contributed by atoms with Crippen molar-refractivity contribution in [3.63, 3.8) is 0 Å². The van der Waals surface area contributed by atoms with Gasteiger partial charge in [-0.2, -0.15) is 0 Å². The zero-order valence-corrected chi connectivity index (χ0v) is 7.97. The molecule has 1 aromatic rings. The first-order valence-electron chi connectivity index (χ1n) is 3.14. The van der Waals surface area contributed by atoms with Gasteiger partial charge in [0.05, 0.1) is 4.90 Å². The molecule has 1 aromatic carbocycles. The highest BCUT2D eigenvalue weighted by atomic mass is 32.2. The van der Waals surface area contributed by atoms with Gasteiger partial charge in [-0.25, -0.2) is 13.6 Å². The fourth-order valence-electron chi connectivity index (χ4n) is 0.823. The van der Waals surface area contributed by atoms with E-state index in [0.29, 0.717) is 0 Å². The topological polar surface area (TPSA) is 100 Å². The molecule has 0 aliphatic rings. The molecule has 1 rings (SSSR count). The van der Waals surface area contributed by atoms with Crippen molar-refractivity contribution in [2.24, 2.45) is 5.14 Å². The highest BCUT2D eigenvalue weighted by Crippen LogP contribution is 2.15. The number of primary sulfonamides is 1. The molecule has 0 aliphatic carbocycles. The van der Waals surface area contributed by atoms with Crippen molar-refractivity contribution in [3.05, 3.63) is 24.3 Å². The number of nitrogens with two attached hydrogens (primary N) is 1. The Morgan fingerprint density at radius 3 is 2.23 bits per heavy atom. The predicted molar refractivity (Wildman–Crippen MR) is 45.0 cm³/mol. The Morgan fingerprint density at radius 1 is 1.31 bits per heavy atom. The van der Waals surface area contributed by atoms with Crippen LogP contribution in [0.5, 0.6) is 0 Å². The van der Waals surface area contributed by atoms with Crippen molar-refractivity contribution in [1.29, 1.82) is 0 Å². The summed E-state index contributed by atoms with van der Waals surface area (Å²) in [6.07, 6.45) is 0. The summed E-state index contributed by atoms with van der Waals surface area (Å²) >= 11 is -2.60. The fourth-order valence-corrected chi connectivity index (χ4v) is 2.41. The van der Waals surface area contributed by atoms with Gasteiger partial charge in [0.25, 0.3) is 0 Å². The molecular formula is C6H6NO4S2-. The van der Waals surface area contributed by atoms with Gasteiger partial charge in [-0.1, -0.05) is 12.1 Å². The van der Waals surface area contributed by atoms with Gasteiger partial charge in [0.1, 0.15) is 0 Å². The Labute approximate surface area is 77.9 Å². The van der Waals surface area contributed by atoms with Crippen LogP contribution in [0.4, 0.5) is 0 Å². The lowest BCUT2D eigenvalue weighted by Gasteiger charge is -2.08. The van der Waals surface area contributed by atoms with Crippen molar-refractivity contribution >= 4 is 21.1 Å². The van der Waals surface area contributed by atoms with E-state index in [0.717, 1.165) is 6.07 Å². The standard InChI is InChI=1S/C6H7NO4S2/c7-13(10,11)6-4-2-1-3-5(6)12(8)9/h1-4H,(H,8,9)(H2,7,10,11)/p-1. The van der Waals surface area contributed by atoms with Gasteiger partial charge in [0, 0.05) is 4.90 Å². The van der Waals surface area contributed by atoms with Gasteiger partial charge < -0.3 is 4.55 Å². The van der Waals surface area contributed by atoms with Gasteiger partial charge in [-0.3, -0.25) is 4.21 Å². The van der Waals surface area contributed by atoms with Crippen LogP contribution in [0.25, 0.3) is 0 Å². The highest BCUT2D eigenvalue weighted by molar-refractivity contribution is 7.90. The normalized spacial score (nSPS) is 14.0. The second-order valence-corrected chi connectivity index (χ2v) is 4.67. The maximum absolute atomic E-state index is 10.9. The maximum atomic E-state index is 10.9. The third kappa shape index (κ3) is 2.34. The summed E-state index contributed by atoms with van der Waals surface area (Å²) in [6, 6.07) is 5.12. The van der Waals surface area contributed by atoms with Crippen LogP contribution in [0.1, 0.15) is 0 Å². The van der Waals surface area contributed by atoms with E-state index in [1.165, 1.54) is 18.2 Å². The average Bonchev–Trinajstić information content (AvgIpc) is 2.03. The van der Waals surface area contributed by atoms with E-state index >= 15 is 0 Å². The van der Waals surface area contributed by atoms with Crippen LogP contribution in [-0.2, 0) is 21.1 Å². The van der Waals surface area contributed by atoms with Crippen LogP contribution in [0.3, 0.4) is 0 Å². The summed E-state index contributed by atoms with van der Waals surface area (Å²) < 4.78 is 42.8. The Morgan fingerprint density at radius 2 is 1.85 bits per heavy atom. The van der Waals surface area contributed by atoms with Crippen molar-refractivity contribution < 1.29 is 17.2 Å². The van der Waals surface area contributed by atoms with Gasteiger partial charge in [-0.05, 0) is 23.2 Å². The molecule has 1 atom stereocenters. The lowest BCUT2D eigenvalue weighted by atomic mass is 10.4. The molecule has 0 saturated carbocycles. The first-order chi connectivity index (χ1) is 5.93. The molecular weight excluding hydrogens is 214 g/mol. The maximum Gasteiger partial charge on any atom is 0.239 e. The van der Waals surface area contributed by atoms with Crippen LogP contribution in [0.2, 0.25) is 0 Å². The molecule has 0 radical (unpaired) electrons. The van der Waals surface area contributed by atoms with Crippen LogP contribution in [-0.4, -0.2) is 17.2 Å². The molecule has 0 bridgehead atoms. The Kier molecular flexibility index (Phi) is 2.81. The third-order valence-corrected chi connectivity index (χ3v) is 3.15. The quantitative estimate of drug-likeness (QED) is 0.683. The van der Waals surface area contributed by atoms with E-state index in [1.807, 2.05) is 0 Å². The average molecular weight is 220 g/mol. The van der Waals surface area contributed by atoms with Gasteiger partial charge in [-0.15, -0.1) is 0 Å². The Hall–Kier alpha value is -0.760. The third-order valence-electron chi connectivity index (χ3n) is 1.34.